The zero-order chi connectivity index (χ0) is 20.2. The lowest BCUT2D eigenvalue weighted by Crippen LogP contribution is -2.55. The monoisotopic (exact) mass is 401 g/mol. The van der Waals surface area contributed by atoms with Crippen LogP contribution in [0.4, 0.5) is 0 Å². The first-order valence-electron chi connectivity index (χ1n) is 11.3. The second kappa shape index (κ2) is 7.11. The lowest BCUT2D eigenvalue weighted by Gasteiger charge is -2.36. The van der Waals surface area contributed by atoms with Crippen molar-refractivity contribution in [3.8, 4) is 0 Å². The van der Waals surface area contributed by atoms with Gasteiger partial charge in [-0.2, -0.15) is 0 Å². The van der Waals surface area contributed by atoms with E-state index in [4.69, 9.17) is 4.74 Å². The number of ether oxygens (including phenoxy) is 1. The van der Waals surface area contributed by atoms with Crippen molar-refractivity contribution in [2.45, 2.75) is 63.2 Å². The number of piperazine rings is 1. The molecule has 7 nitrogen and oxygen atoms in total. The minimum Gasteiger partial charge on any atom is -0.360 e. The summed E-state index contributed by atoms with van der Waals surface area (Å²) in [5.74, 6) is -0.955. The molecule has 1 spiro atoms. The lowest BCUT2D eigenvalue weighted by atomic mass is 9.76. The topological polar surface area (TPSA) is 70.2 Å². The highest BCUT2D eigenvalue weighted by Gasteiger charge is 2.67. The molecular weight excluding hydrogens is 370 g/mol. The van der Waals surface area contributed by atoms with Gasteiger partial charge < -0.3 is 19.4 Å². The Bertz CT molecular complexity index is 744. The first kappa shape index (κ1) is 19.1. The molecular formula is C22H31N3O4. The molecule has 2 unspecified atom stereocenters. The van der Waals surface area contributed by atoms with E-state index in [9.17, 15) is 14.4 Å². The van der Waals surface area contributed by atoms with Crippen molar-refractivity contribution in [1.82, 2.24) is 14.7 Å². The first-order chi connectivity index (χ1) is 14.0. The summed E-state index contributed by atoms with van der Waals surface area (Å²) in [5.41, 5.74) is -0.649. The van der Waals surface area contributed by atoms with Crippen LogP contribution in [-0.2, 0) is 19.1 Å². The van der Waals surface area contributed by atoms with Gasteiger partial charge in [-0.05, 0) is 19.8 Å². The second-order valence-electron chi connectivity index (χ2n) is 9.24. The molecule has 1 saturated carbocycles. The van der Waals surface area contributed by atoms with Crippen LogP contribution >= 0.6 is 0 Å². The molecule has 158 valence electrons. The summed E-state index contributed by atoms with van der Waals surface area (Å²) in [6, 6.07) is 0.270. The second-order valence-corrected chi connectivity index (χ2v) is 9.24. The average molecular weight is 402 g/mol. The van der Waals surface area contributed by atoms with Gasteiger partial charge in [-0.15, -0.1) is 0 Å². The van der Waals surface area contributed by atoms with Crippen LogP contribution in [-0.4, -0.2) is 82.9 Å². The predicted octanol–water partition coefficient (Wildman–Crippen LogP) is 1.18. The number of hydrogen-bond donors (Lipinski definition) is 0. The van der Waals surface area contributed by atoms with Crippen molar-refractivity contribution in [1.29, 1.82) is 0 Å². The van der Waals surface area contributed by atoms with E-state index >= 15 is 0 Å². The van der Waals surface area contributed by atoms with Gasteiger partial charge in [0.25, 0.3) is 0 Å². The average Bonchev–Trinajstić information content (AvgIpc) is 3.27. The van der Waals surface area contributed by atoms with E-state index < -0.39 is 17.4 Å². The third-order valence-electron chi connectivity index (χ3n) is 7.69. The Morgan fingerprint density at radius 2 is 1.93 bits per heavy atom. The normalized spacial score (nSPS) is 37.4. The number of likely N-dealkylation sites (tertiary alicyclic amines) is 1. The lowest BCUT2D eigenvalue weighted by molar-refractivity contribution is -0.150. The molecule has 0 aromatic carbocycles. The Kier molecular flexibility index (Phi) is 4.68. The summed E-state index contributed by atoms with van der Waals surface area (Å²) in [6.45, 7) is 4.39. The number of carbonyl (C=O) groups excluding carboxylic acids is 3. The summed E-state index contributed by atoms with van der Waals surface area (Å²) >= 11 is 0. The van der Waals surface area contributed by atoms with Gasteiger partial charge in [-0.3, -0.25) is 14.4 Å². The smallest absolute Gasteiger partial charge is 0.242 e. The summed E-state index contributed by atoms with van der Waals surface area (Å²) < 4.78 is 6.28. The van der Waals surface area contributed by atoms with Crippen molar-refractivity contribution in [2.75, 3.05) is 32.7 Å². The van der Waals surface area contributed by atoms with E-state index in [0.717, 1.165) is 25.7 Å². The Morgan fingerprint density at radius 3 is 2.62 bits per heavy atom. The van der Waals surface area contributed by atoms with Crippen LogP contribution in [0.1, 0.15) is 45.4 Å². The van der Waals surface area contributed by atoms with E-state index in [1.54, 1.807) is 9.80 Å². The molecule has 4 heterocycles. The van der Waals surface area contributed by atoms with Crippen molar-refractivity contribution in [2.24, 2.45) is 11.8 Å². The summed E-state index contributed by atoms with van der Waals surface area (Å²) in [6.07, 6.45) is 10.6. The molecule has 0 aromatic rings. The maximum Gasteiger partial charge on any atom is 0.242 e. The Hall–Kier alpha value is -1.89. The molecule has 5 rings (SSSR count). The van der Waals surface area contributed by atoms with Crippen molar-refractivity contribution >= 4 is 17.7 Å². The maximum atomic E-state index is 13.5. The van der Waals surface area contributed by atoms with Crippen LogP contribution in [0.15, 0.2) is 12.2 Å². The zero-order valence-electron chi connectivity index (χ0n) is 17.2. The third kappa shape index (κ3) is 2.92. The van der Waals surface area contributed by atoms with Crippen molar-refractivity contribution in [3.63, 3.8) is 0 Å². The van der Waals surface area contributed by atoms with E-state index in [0.29, 0.717) is 26.2 Å². The van der Waals surface area contributed by atoms with Crippen LogP contribution in [0.5, 0.6) is 0 Å². The van der Waals surface area contributed by atoms with Gasteiger partial charge in [0.1, 0.15) is 5.60 Å². The van der Waals surface area contributed by atoms with Crippen LogP contribution in [0.3, 0.4) is 0 Å². The first-order valence-corrected chi connectivity index (χ1v) is 11.3. The number of nitrogens with zero attached hydrogens (tertiary/aromatic N) is 3. The van der Waals surface area contributed by atoms with Crippen molar-refractivity contribution in [3.05, 3.63) is 12.2 Å². The van der Waals surface area contributed by atoms with E-state index in [1.165, 1.54) is 12.8 Å². The van der Waals surface area contributed by atoms with Gasteiger partial charge in [0.2, 0.25) is 17.7 Å². The molecule has 0 N–H and O–H groups in total. The molecule has 0 radical (unpaired) electrons. The molecule has 7 heteroatoms. The van der Waals surface area contributed by atoms with Crippen molar-refractivity contribution < 1.29 is 19.1 Å². The number of amides is 3. The van der Waals surface area contributed by atoms with E-state index in [-0.39, 0.29) is 36.4 Å². The highest BCUT2D eigenvalue weighted by molar-refractivity contribution is 5.94. The summed E-state index contributed by atoms with van der Waals surface area (Å²) in [7, 11) is 0. The molecule has 5 aliphatic rings. The molecule has 3 saturated heterocycles. The minimum absolute atomic E-state index is 0.0146. The summed E-state index contributed by atoms with van der Waals surface area (Å²) in [4.78, 5) is 44.7. The Labute approximate surface area is 172 Å². The fourth-order valence-corrected chi connectivity index (χ4v) is 6.13. The van der Waals surface area contributed by atoms with Gasteiger partial charge in [-0.1, -0.05) is 37.8 Å². The number of carbonyl (C=O) groups is 3. The SMILES string of the molecule is CCN1CCN(C(=O)C2C3C(=O)N(C4CCCCCC4)C[C@]34C=C[C@H]2O4)CC1=O. The number of rotatable bonds is 3. The van der Waals surface area contributed by atoms with Gasteiger partial charge in [0.05, 0.1) is 31.0 Å². The highest BCUT2D eigenvalue weighted by Crippen LogP contribution is 2.53. The number of hydrogen-bond acceptors (Lipinski definition) is 4. The van der Waals surface area contributed by atoms with Gasteiger partial charge in [0.15, 0.2) is 0 Å². The molecule has 1 aliphatic carbocycles. The van der Waals surface area contributed by atoms with Crippen LogP contribution in [0.25, 0.3) is 0 Å². The maximum absolute atomic E-state index is 13.5. The van der Waals surface area contributed by atoms with Gasteiger partial charge in [0, 0.05) is 25.7 Å². The fraction of sp³-hybridized carbons (Fsp3) is 0.773. The molecule has 4 fully saturated rings. The van der Waals surface area contributed by atoms with Crippen LogP contribution in [0, 0.1) is 11.8 Å². The minimum atomic E-state index is -0.649. The zero-order valence-corrected chi connectivity index (χ0v) is 17.2. The van der Waals surface area contributed by atoms with Crippen LogP contribution in [0.2, 0.25) is 0 Å². The highest BCUT2D eigenvalue weighted by atomic mass is 16.5. The largest absolute Gasteiger partial charge is 0.360 e. The number of likely N-dealkylation sites (N-methyl/N-ethyl adjacent to an activating group) is 1. The van der Waals surface area contributed by atoms with Crippen LogP contribution < -0.4 is 0 Å². The fourth-order valence-electron chi connectivity index (χ4n) is 6.13. The number of fused-ring (bicyclic) bond motifs is 1. The molecule has 4 aliphatic heterocycles. The van der Waals surface area contributed by atoms with E-state index in [1.807, 2.05) is 24.0 Å². The molecule has 3 amide bonds. The van der Waals surface area contributed by atoms with E-state index in [2.05, 4.69) is 0 Å². The predicted molar refractivity (Wildman–Crippen MR) is 106 cm³/mol. The van der Waals surface area contributed by atoms with Gasteiger partial charge >= 0.3 is 0 Å². The molecule has 29 heavy (non-hydrogen) atoms. The molecule has 2 bridgehead atoms. The third-order valence-corrected chi connectivity index (χ3v) is 7.69. The standard InChI is InChI=1S/C22H31N3O4/c1-2-23-11-12-24(13-17(23)26)20(27)18-16-9-10-22(29-16)14-25(21(28)19(18)22)15-7-5-3-4-6-8-15/h9-10,15-16,18-19H,2-8,11-14H2,1H3/t16-,18?,19?,22-/m1/s1. The Balaban J connectivity index is 1.36. The quantitative estimate of drug-likeness (QED) is 0.526. The summed E-state index contributed by atoms with van der Waals surface area (Å²) in [5, 5.41) is 0. The molecule has 0 aromatic heterocycles. The molecule has 4 atom stereocenters. The van der Waals surface area contributed by atoms with Gasteiger partial charge in [-0.25, -0.2) is 0 Å². The Morgan fingerprint density at radius 1 is 1.17 bits per heavy atom.